The molecule has 0 amide bonds. The van der Waals surface area contributed by atoms with Crippen molar-refractivity contribution in [3.8, 4) is 0 Å². The number of amidine groups is 1. The summed E-state index contributed by atoms with van der Waals surface area (Å²) >= 11 is 2.06. The van der Waals surface area contributed by atoms with Crippen LogP contribution in [0.5, 0.6) is 0 Å². The Hall–Kier alpha value is -0.420. The summed E-state index contributed by atoms with van der Waals surface area (Å²) in [6.45, 7) is 4.32. The van der Waals surface area contributed by atoms with E-state index in [1.165, 1.54) is 18.6 Å². The summed E-state index contributed by atoms with van der Waals surface area (Å²) in [5.41, 5.74) is 5.37. The summed E-state index contributed by atoms with van der Waals surface area (Å²) in [5, 5.41) is 14.7. The van der Waals surface area contributed by atoms with E-state index in [1.54, 1.807) is 0 Å². The lowest BCUT2D eigenvalue weighted by Crippen LogP contribution is -2.33. The minimum absolute atomic E-state index is 0.318. The maximum absolute atomic E-state index is 8.34. The number of nitrogens with one attached hydrogen (secondary N) is 1. The number of rotatable bonds is 6. The second-order valence-corrected chi connectivity index (χ2v) is 5.96. The van der Waals surface area contributed by atoms with Crippen molar-refractivity contribution < 1.29 is 5.21 Å². The van der Waals surface area contributed by atoms with Crippen molar-refractivity contribution in [1.82, 2.24) is 5.32 Å². The standard InChI is InChI=1S/C10H21N3OS/c1-10(5-3-7-15-10)8-12-6-2-4-9(11)13-14/h12,14H,2-8H2,1H3,(H2,11,13). The molecule has 0 aliphatic carbocycles. The van der Waals surface area contributed by atoms with E-state index >= 15 is 0 Å². The molecule has 0 aromatic heterocycles. The average molecular weight is 231 g/mol. The summed E-state index contributed by atoms with van der Waals surface area (Å²) in [6.07, 6.45) is 4.24. The van der Waals surface area contributed by atoms with Crippen LogP contribution in [0.25, 0.3) is 0 Å². The highest BCUT2D eigenvalue weighted by molar-refractivity contribution is 8.00. The summed E-state index contributed by atoms with van der Waals surface area (Å²) in [7, 11) is 0. The molecule has 4 nitrogen and oxygen atoms in total. The summed E-state index contributed by atoms with van der Waals surface area (Å²) in [5.74, 6) is 1.61. The van der Waals surface area contributed by atoms with E-state index in [-0.39, 0.29) is 0 Å². The molecule has 1 unspecified atom stereocenters. The lowest BCUT2D eigenvalue weighted by Gasteiger charge is -2.22. The van der Waals surface area contributed by atoms with Crippen molar-refractivity contribution in [2.24, 2.45) is 10.9 Å². The molecule has 15 heavy (non-hydrogen) atoms. The van der Waals surface area contributed by atoms with Gasteiger partial charge in [0.15, 0.2) is 0 Å². The van der Waals surface area contributed by atoms with Gasteiger partial charge in [-0.3, -0.25) is 0 Å². The lowest BCUT2D eigenvalue weighted by molar-refractivity contribution is 0.316. The first-order valence-electron chi connectivity index (χ1n) is 5.47. The molecule has 0 spiro atoms. The first-order valence-corrected chi connectivity index (χ1v) is 6.46. The van der Waals surface area contributed by atoms with Gasteiger partial charge in [0.1, 0.15) is 5.84 Å². The predicted molar refractivity (Wildman–Crippen MR) is 65.6 cm³/mol. The molecular formula is C10H21N3OS. The lowest BCUT2D eigenvalue weighted by atomic mass is 10.1. The van der Waals surface area contributed by atoms with E-state index in [0.29, 0.717) is 17.0 Å². The Bertz CT molecular complexity index is 215. The van der Waals surface area contributed by atoms with Crippen LogP contribution in [0, 0.1) is 0 Å². The maximum Gasteiger partial charge on any atom is 0.139 e. The fraction of sp³-hybridized carbons (Fsp3) is 0.900. The molecule has 0 bridgehead atoms. The minimum atomic E-state index is 0.318. The van der Waals surface area contributed by atoms with Crippen LogP contribution in [0.3, 0.4) is 0 Å². The van der Waals surface area contributed by atoms with Gasteiger partial charge in [-0.05, 0) is 38.5 Å². The number of hydrogen-bond donors (Lipinski definition) is 3. The number of oxime groups is 1. The van der Waals surface area contributed by atoms with E-state index < -0.39 is 0 Å². The van der Waals surface area contributed by atoms with E-state index in [2.05, 4.69) is 29.2 Å². The molecule has 4 N–H and O–H groups in total. The number of hydrogen-bond acceptors (Lipinski definition) is 4. The van der Waals surface area contributed by atoms with Gasteiger partial charge < -0.3 is 16.3 Å². The smallest absolute Gasteiger partial charge is 0.139 e. The zero-order chi connectivity index (χ0) is 11.1. The average Bonchev–Trinajstić information content (AvgIpc) is 2.64. The zero-order valence-electron chi connectivity index (χ0n) is 9.33. The third kappa shape index (κ3) is 4.75. The van der Waals surface area contributed by atoms with Gasteiger partial charge in [-0.25, -0.2) is 0 Å². The van der Waals surface area contributed by atoms with Gasteiger partial charge in [0.05, 0.1) is 0 Å². The highest BCUT2D eigenvalue weighted by atomic mass is 32.2. The van der Waals surface area contributed by atoms with Crippen molar-refractivity contribution in [3.63, 3.8) is 0 Å². The molecule has 0 radical (unpaired) electrons. The van der Waals surface area contributed by atoms with Gasteiger partial charge in [-0.1, -0.05) is 5.16 Å². The third-order valence-corrected chi connectivity index (χ3v) is 4.25. The fourth-order valence-electron chi connectivity index (χ4n) is 1.77. The summed E-state index contributed by atoms with van der Waals surface area (Å²) in [6, 6.07) is 0. The Labute approximate surface area is 95.7 Å². The predicted octanol–water partition coefficient (Wildman–Crippen LogP) is 1.39. The van der Waals surface area contributed by atoms with Gasteiger partial charge in [-0.2, -0.15) is 11.8 Å². The Kier molecular flexibility index (Phi) is 5.25. The molecule has 88 valence electrons. The van der Waals surface area contributed by atoms with Crippen LogP contribution in [-0.4, -0.2) is 34.6 Å². The first kappa shape index (κ1) is 12.6. The highest BCUT2D eigenvalue weighted by Crippen LogP contribution is 2.36. The zero-order valence-corrected chi connectivity index (χ0v) is 10.1. The maximum atomic E-state index is 8.34. The molecule has 0 aromatic carbocycles. The van der Waals surface area contributed by atoms with Crippen molar-refractivity contribution in [1.29, 1.82) is 0 Å². The summed E-state index contributed by atoms with van der Waals surface area (Å²) in [4.78, 5) is 0. The van der Waals surface area contributed by atoms with Crippen LogP contribution < -0.4 is 11.1 Å². The van der Waals surface area contributed by atoms with Crippen LogP contribution in [0.1, 0.15) is 32.6 Å². The molecule has 1 saturated heterocycles. The van der Waals surface area contributed by atoms with Crippen LogP contribution in [0.15, 0.2) is 5.16 Å². The minimum Gasteiger partial charge on any atom is -0.409 e. The van der Waals surface area contributed by atoms with Gasteiger partial charge >= 0.3 is 0 Å². The number of nitrogens with two attached hydrogens (primary N) is 1. The molecule has 1 aliphatic rings. The second kappa shape index (κ2) is 6.23. The topological polar surface area (TPSA) is 70.6 Å². The molecule has 0 aromatic rings. The van der Waals surface area contributed by atoms with Crippen LogP contribution in [-0.2, 0) is 0 Å². The first-order chi connectivity index (χ1) is 7.16. The number of nitrogens with zero attached hydrogens (tertiary/aromatic N) is 1. The Balaban J connectivity index is 2.01. The van der Waals surface area contributed by atoms with Crippen molar-refractivity contribution >= 4 is 17.6 Å². The van der Waals surface area contributed by atoms with Crippen molar-refractivity contribution in [2.45, 2.75) is 37.4 Å². The normalized spacial score (nSPS) is 27.1. The largest absolute Gasteiger partial charge is 0.409 e. The van der Waals surface area contributed by atoms with E-state index in [1.807, 2.05) is 0 Å². The van der Waals surface area contributed by atoms with Crippen LogP contribution >= 0.6 is 11.8 Å². The fourth-order valence-corrected chi connectivity index (χ4v) is 3.05. The quantitative estimate of drug-likeness (QED) is 0.212. The number of thioether (sulfide) groups is 1. The van der Waals surface area contributed by atoms with E-state index in [4.69, 9.17) is 10.9 Å². The molecule has 1 aliphatic heterocycles. The van der Waals surface area contributed by atoms with Gasteiger partial charge in [0.25, 0.3) is 0 Å². The summed E-state index contributed by atoms with van der Waals surface area (Å²) < 4.78 is 0.427. The third-order valence-electron chi connectivity index (χ3n) is 2.71. The molecule has 1 atom stereocenters. The van der Waals surface area contributed by atoms with Crippen LogP contribution in [0.2, 0.25) is 0 Å². The molecule has 0 saturated carbocycles. The monoisotopic (exact) mass is 231 g/mol. The molecule has 1 rings (SSSR count). The van der Waals surface area contributed by atoms with Crippen molar-refractivity contribution in [3.05, 3.63) is 0 Å². The van der Waals surface area contributed by atoms with E-state index in [9.17, 15) is 0 Å². The molecule has 5 heteroatoms. The van der Waals surface area contributed by atoms with Gasteiger partial charge in [-0.15, -0.1) is 0 Å². The van der Waals surface area contributed by atoms with Crippen molar-refractivity contribution in [2.75, 3.05) is 18.8 Å². The molecule has 1 fully saturated rings. The van der Waals surface area contributed by atoms with E-state index in [0.717, 1.165) is 19.5 Å². The highest BCUT2D eigenvalue weighted by Gasteiger charge is 2.28. The Morgan fingerprint density at radius 1 is 1.67 bits per heavy atom. The Morgan fingerprint density at radius 2 is 2.47 bits per heavy atom. The van der Waals surface area contributed by atoms with Gasteiger partial charge in [0.2, 0.25) is 0 Å². The Morgan fingerprint density at radius 3 is 3.07 bits per heavy atom. The van der Waals surface area contributed by atoms with Crippen LogP contribution in [0.4, 0.5) is 0 Å². The SMILES string of the molecule is CC1(CNCCCC(N)=NO)CCCS1. The molecular weight excluding hydrogens is 210 g/mol. The van der Waals surface area contributed by atoms with Gasteiger partial charge in [0, 0.05) is 17.7 Å². The molecule has 1 heterocycles. The second-order valence-electron chi connectivity index (χ2n) is 4.27.